The van der Waals surface area contributed by atoms with Crippen LogP contribution in [0.5, 0.6) is 11.5 Å². The van der Waals surface area contributed by atoms with Crippen molar-refractivity contribution in [3.8, 4) is 23.0 Å². The second-order valence-corrected chi connectivity index (χ2v) is 4.31. The maximum absolute atomic E-state index is 11.5. The zero-order chi connectivity index (χ0) is 15.2. The van der Waals surface area contributed by atoms with Crippen molar-refractivity contribution >= 4 is 11.9 Å². The number of hydrogen-bond acceptors (Lipinski definition) is 6. The fraction of sp³-hybridized carbons (Fsp3) is 0.357. The van der Waals surface area contributed by atoms with E-state index in [1.165, 1.54) is 0 Å². The second-order valence-electron chi connectivity index (χ2n) is 4.31. The maximum Gasteiger partial charge on any atom is 0.322 e. The molecule has 7 heteroatoms. The van der Waals surface area contributed by atoms with Gasteiger partial charge in [0.25, 0.3) is 0 Å². The maximum atomic E-state index is 11.5. The lowest BCUT2D eigenvalue weighted by Gasteiger charge is -2.05. The SMILES string of the molecule is CCCC(=O)Nc1nnc(-c2cc(OC)cc(OC)c2)o1. The Balaban J connectivity index is 2.22. The molecule has 0 aliphatic rings. The Morgan fingerprint density at radius 1 is 1.19 bits per heavy atom. The Hall–Kier alpha value is -2.57. The Morgan fingerprint density at radius 3 is 2.43 bits per heavy atom. The van der Waals surface area contributed by atoms with Gasteiger partial charge < -0.3 is 13.9 Å². The zero-order valence-corrected chi connectivity index (χ0v) is 12.2. The molecule has 1 amide bonds. The van der Waals surface area contributed by atoms with Gasteiger partial charge in [-0.15, -0.1) is 5.10 Å². The van der Waals surface area contributed by atoms with Crippen LogP contribution in [0.3, 0.4) is 0 Å². The van der Waals surface area contributed by atoms with Gasteiger partial charge in [0.1, 0.15) is 11.5 Å². The highest BCUT2D eigenvalue weighted by molar-refractivity contribution is 5.88. The number of nitrogens with zero attached hydrogens (tertiary/aromatic N) is 2. The van der Waals surface area contributed by atoms with Crippen LogP contribution in [0.1, 0.15) is 19.8 Å². The van der Waals surface area contributed by atoms with Crippen molar-refractivity contribution < 1.29 is 18.7 Å². The first-order chi connectivity index (χ1) is 10.2. The molecule has 1 aromatic carbocycles. The standard InChI is InChI=1S/C14H17N3O4/c1-4-5-12(18)15-14-17-16-13(21-14)9-6-10(19-2)8-11(7-9)20-3/h6-8H,4-5H2,1-3H3,(H,15,17,18). The number of hydrogen-bond donors (Lipinski definition) is 1. The first-order valence-corrected chi connectivity index (χ1v) is 6.53. The summed E-state index contributed by atoms with van der Waals surface area (Å²) in [4.78, 5) is 11.5. The predicted molar refractivity (Wildman–Crippen MR) is 76.4 cm³/mol. The molecule has 7 nitrogen and oxygen atoms in total. The van der Waals surface area contributed by atoms with Gasteiger partial charge in [0.15, 0.2) is 0 Å². The molecule has 0 atom stereocenters. The summed E-state index contributed by atoms with van der Waals surface area (Å²) in [5.41, 5.74) is 0.648. The molecule has 0 aliphatic heterocycles. The lowest BCUT2D eigenvalue weighted by atomic mass is 10.2. The molecule has 1 heterocycles. The summed E-state index contributed by atoms with van der Waals surface area (Å²) in [5, 5.41) is 10.3. The van der Waals surface area contributed by atoms with Crippen molar-refractivity contribution in [3.63, 3.8) is 0 Å². The molecule has 0 aliphatic carbocycles. The molecule has 0 spiro atoms. The Bertz CT molecular complexity index is 602. The van der Waals surface area contributed by atoms with Gasteiger partial charge in [0.05, 0.1) is 14.2 Å². The molecular weight excluding hydrogens is 274 g/mol. The normalized spacial score (nSPS) is 10.2. The van der Waals surface area contributed by atoms with E-state index in [0.717, 1.165) is 6.42 Å². The fourth-order valence-corrected chi connectivity index (χ4v) is 1.73. The van der Waals surface area contributed by atoms with E-state index in [0.29, 0.717) is 23.5 Å². The monoisotopic (exact) mass is 291 g/mol. The van der Waals surface area contributed by atoms with Crippen molar-refractivity contribution in [2.45, 2.75) is 19.8 Å². The third kappa shape index (κ3) is 3.71. The van der Waals surface area contributed by atoms with Gasteiger partial charge in [-0.3, -0.25) is 10.1 Å². The highest BCUT2D eigenvalue weighted by Gasteiger charge is 2.13. The van der Waals surface area contributed by atoms with Gasteiger partial charge in [-0.2, -0.15) is 0 Å². The number of aromatic nitrogens is 2. The first-order valence-electron chi connectivity index (χ1n) is 6.53. The Kier molecular flexibility index (Phi) is 4.76. The van der Waals surface area contributed by atoms with Gasteiger partial charge in [0.2, 0.25) is 11.8 Å². The summed E-state index contributed by atoms with van der Waals surface area (Å²) in [6.45, 7) is 1.92. The van der Waals surface area contributed by atoms with Crippen molar-refractivity contribution in [2.75, 3.05) is 19.5 Å². The van der Waals surface area contributed by atoms with E-state index in [-0.39, 0.29) is 17.8 Å². The van der Waals surface area contributed by atoms with Crippen LogP contribution in [0, 0.1) is 0 Å². The highest BCUT2D eigenvalue weighted by atomic mass is 16.5. The minimum absolute atomic E-state index is 0.0743. The van der Waals surface area contributed by atoms with Crippen molar-refractivity contribution in [1.29, 1.82) is 0 Å². The van der Waals surface area contributed by atoms with Gasteiger partial charge >= 0.3 is 6.01 Å². The molecule has 2 aromatic rings. The molecule has 0 radical (unpaired) electrons. The molecule has 0 saturated carbocycles. The quantitative estimate of drug-likeness (QED) is 0.880. The van der Waals surface area contributed by atoms with Crippen LogP contribution in [0.4, 0.5) is 6.01 Å². The van der Waals surface area contributed by atoms with E-state index in [2.05, 4.69) is 15.5 Å². The molecule has 2 rings (SSSR count). The molecule has 112 valence electrons. The lowest BCUT2D eigenvalue weighted by Crippen LogP contribution is -2.10. The molecule has 1 N–H and O–H groups in total. The molecule has 0 unspecified atom stereocenters. The van der Waals surface area contributed by atoms with Crippen molar-refractivity contribution in [2.24, 2.45) is 0 Å². The summed E-state index contributed by atoms with van der Waals surface area (Å²) >= 11 is 0. The number of ether oxygens (including phenoxy) is 2. The summed E-state index contributed by atoms with van der Waals surface area (Å²) < 4.78 is 15.8. The van der Waals surface area contributed by atoms with Gasteiger partial charge in [-0.1, -0.05) is 12.0 Å². The zero-order valence-electron chi connectivity index (χ0n) is 12.2. The topological polar surface area (TPSA) is 86.5 Å². The van der Waals surface area contributed by atoms with E-state index < -0.39 is 0 Å². The van der Waals surface area contributed by atoms with Gasteiger partial charge in [-0.25, -0.2) is 0 Å². The second kappa shape index (κ2) is 6.74. The largest absolute Gasteiger partial charge is 0.497 e. The van der Waals surface area contributed by atoms with E-state index in [4.69, 9.17) is 13.9 Å². The number of amides is 1. The number of carbonyl (C=O) groups excluding carboxylic acids is 1. The number of anilines is 1. The number of rotatable bonds is 6. The van der Waals surface area contributed by atoms with Gasteiger partial charge in [0, 0.05) is 18.1 Å². The molecular formula is C14H17N3O4. The van der Waals surface area contributed by atoms with E-state index >= 15 is 0 Å². The molecule has 1 aromatic heterocycles. The molecule has 21 heavy (non-hydrogen) atoms. The third-order valence-electron chi connectivity index (χ3n) is 2.75. The molecule has 0 bridgehead atoms. The summed E-state index contributed by atoms with van der Waals surface area (Å²) in [6.07, 6.45) is 1.16. The van der Waals surface area contributed by atoms with E-state index in [1.54, 1.807) is 32.4 Å². The number of methoxy groups -OCH3 is 2. The molecule has 0 saturated heterocycles. The van der Waals surface area contributed by atoms with Crippen LogP contribution in [-0.2, 0) is 4.79 Å². The first kappa shape index (κ1) is 14.8. The summed E-state index contributed by atoms with van der Waals surface area (Å²) in [5.74, 6) is 1.34. The summed E-state index contributed by atoms with van der Waals surface area (Å²) in [7, 11) is 3.12. The van der Waals surface area contributed by atoms with Crippen LogP contribution < -0.4 is 14.8 Å². The van der Waals surface area contributed by atoms with Gasteiger partial charge in [-0.05, 0) is 18.6 Å². The average molecular weight is 291 g/mol. The van der Waals surface area contributed by atoms with E-state index in [1.807, 2.05) is 6.92 Å². The smallest absolute Gasteiger partial charge is 0.322 e. The van der Waals surface area contributed by atoms with Crippen LogP contribution in [0.25, 0.3) is 11.5 Å². The number of benzene rings is 1. The number of nitrogens with one attached hydrogen (secondary N) is 1. The van der Waals surface area contributed by atoms with Crippen molar-refractivity contribution in [3.05, 3.63) is 18.2 Å². The minimum atomic E-state index is -0.157. The minimum Gasteiger partial charge on any atom is -0.497 e. The molecule has 0 fully saturated rings. The average Bonchev–Trinajstić information content (AvgIpc) is 2.95. The fourth-order valence-electron chi connectivity index (χ4n) is 1.73. The van der Waals surface area contributed by atoms with E-state index in [9.17, 15) is 4.79 Å². The van der Waals surface area contributed by atoms with Crippen LogP contribution >= 0.6 is 0 Å². The predicted octanol–water partition coefficient (Wildman–Crippen LogP) is 2.49. The van der Waals surface area contributed by atoms with Crippen LogP contribution in [0.2, 0.25) is 0 Å². The highest BCUT2D eigenvalue weighted by Crippen LogP contribution is 2.29. The number of carbonyl (C=O) groups is 1. The van der Waals surface area contributed by atoms with Crippen LogP contribution in [-0.4, -0.2) is 30.3 Å². The van der Waals surface area contributed by atoms with Crippen LogP contribution in [0.15, 0.2) is 22.6 Å². The Labute approximate surface area is 122 Å². The summed E-state index contributed by atoms with van der Waals surface area (Å²) in [6, 6.07) is 5.30. The van der Waals surface area contributed by atoms with Crippen molar-refractivity contribution in [1.82, 2.24) is 10.2 Å². The third-order valence-corrected chi connectivity index (χ3v) is 2.75. The lowest BCUT2D eigenvalue weighted by molar-refractivity contribution is -0.116. The Morgan fingerprint density at radius 2 is 1.86 bits per heavy atom.